The fourth-order valence-corrected chi connectivity index (χ4v) is 3.22. The van der Waals surface area contributed by atoms with E-state index in [1.54, 1.807) is 7.11 Å². The van der Waals surface area contributed by atoms with E-state index in [4.69, 9.17) is 4.74 Å². The molecular weight excluding hydrogens is 332 g/mol. The van der Waals surface area contributed by atoms with Gasteiger partial charge in [0.1, 0.15) is 11.6 Å². The van der Waals surface area contributed by atoms with Crippen molar-refractivity contribution in [1.82, 2.24) is 15.1 Å². The van der Waals surface area contributed by atoms with Crippen molar-refractivity contribution in [2.24, 2.45) is 7.05 Å². The van der Waals surface area contributed by atoms with Gasteiger partial charge in [-0.2, -0.15) is 5.10 Å². The van der Waals surface area contributed by atoms with Gasteiger partial charge in [-0.25, -0.2) is 0 Å². The molecule has 112 valence electrons. The predicted molar refractivity (Wildman–Crippen MR) is 88.0 cm³/mol. The number of ether oxygens (including phenoxy) is 1. The molecule has 1 aliphatic heterocycles. The van der Waals surface area contributed by atoms with E-state index in [1.807, 2.05) is 29.9 Å². The van der Waals surface area contributed by atoms with Crippen LogP contribution in [0.5, 0.6) is 5.75 Å². The van der Waals surface area contributed by atoms with Gasteiger partial charge in [0.15, 0.2) is 0 Å². The summed E-state index contributed by atoms with van der Waals surface area (Å²) >= 11 is 3.53. The summed E-state index contributed by atoms with van der Waals surface area (Å²) in [7, 11) is 3.68. The number of piperazine rings is 1. The lowest BCUT2D eigenvalue weighted by atomic mass is 10.1. The maximum absolute atomic E-state index is 5.51. The minimum Gasteiger partial charge on any atom is -0.495 e. The van der Waals surface area contributed by atoms with Gasteiger partial charge in [0.2, 0.25) is 0 Å². The maximum atomic E-state index is 5.51. The van der Waals surface area contributed by atoms with Crippen LogP contribution in [0.3, 0.4) is 0 Å². The molecule has 0 radical (unpaired) electrons. The second-order valence-corrected chi connectivity index (χ2v) is 5.92. The van der Waals surface area contributed by atoms with E-state index < -0.39 is 0 Å². The van der Waals surface area contributed by atoms with E-state index in [-0.39, 0.29) is 0 Å². The van der Waals surface area contributed by atoms with Gasteiger partial charge in [-0.05, 0) is 28.1 Å². The van der Waals surface area contributed by atoms with E-state index >= 15 is 0 Å². The van der Waals surface area contributed by atoms with Crippen molar-refractivity contribution in [2.75, 3.05) is 38.2 Å². The van der Waals surface area contributed by atoms with E-state index in [2.05, 4.69) is 37.3 Å². The molecule has 1 N–H and O–H groups in total. The summed E-state index contributed by atoms with van der Waals surface area (Å²) in [6.45, 7) is 4.05. The molecule has 2 heterocycles. The van der Waals surface area contributed by atoms with E-state index in [1.165, 1.54) is 0 Å². The highest BCUT2D eigenvalue weighted by atomic mass is 79.9. The highest BCUT2D eigenvalue weighted by Crippen LogP contribution is 2.36. The molecule has 0 atom stereocenters. The molecule has 3 rings (SSSR count). The summed E-state index contributed by atoms with van der Waals surface area (Å²) < 4.78 is 8.39. The molecule has 0 saturated carbocycles. The fourth-order valence-electron chi connectivity index (χ4n) is 2.70. The van der Waals surface area contributed by atoms with Crippen LogP contribution in [-0.2, 0) is 7.05 Å². The number of aromatic nitrogens is 2. The molecule has 5 nitrogen and oxygen atoms in total. The minimum atomic E-state index is 0.822. The molecule has 0 spiro atoms. The highest BCUT2D eigenvalue weighted by molar-refractivity contribution is 9.10. The van der Waals surface area contributed by atoms with Crippen molar-refractivity contribution in [1.29, 1.82) is 0 Å². The van der Waals surface area contributed by atoms with Gasteiger partial charge >= 0.3 is 0 Å². The summed E-state index contributed by atoms with van der Waals surface area (Å²) in [5, 5.41) is 8.03. The van der Waals surface area contributed by atoms with Gasteiger partial charge in [-0.1, -0.05) is 6.07 Å². The zero-order valence-electron chi connectivity index (χ0n) is 12.3. The molecular formula is C15H19BrN4O. The number of hydrogen-bond donors (Lipinski definition) is 1. The zero-order valence-corrected chi connectivity index (χ0v) is 13.9. The summed E-state index contributed by atoms with van der Waals surface area (Å²) in [6, 6.07) is 8.15. The maximum Gasteiger partial charge on any atom is 0.142 e. The lowest BCUT2D eigenvalue weighted by molar-refractivity contribution is 0.413. The molecule has 21 heavy (non-hydrogen) atoms. The van der Waals surface area contributed by atoms with Crippen LogP contribution in [-0.4, -0.2) is 43.1 Å². The average Bonchev–Trinajstić information content (AvgIpc) is 2.89. The molecule has 0 aliphatic carbocycles. The zero-order chi connectivity index (χ0) is 14.8. The smallest absolute Gasteiger partial charge is 0.142 e. The molecule has 2 aromatic rings. The lowest BCUT2D eigenvalue weighted by Crippen LogP contribution is -2.44. The van der Waals surface area contributed by atoms with Crippen LogP contribution < -0.4 is 15.0 Å². The number of methoxy groups -OCH3 is 1. The van der Waals surface area contributed by atoms with Crippen LogP contribution in [0.1, 0.15) is 0 Å². The molecule has 1 aromatic carbocycles. The number of nitrogens with one attached hydrogen (secondary N) is 1. The Morgan fingerprint density at radius 2 is 2.05 bits per heavy atom. The Balaban J connectivity index is 1.99. The molecule has 0 unspecified atom stereocenters. The first-order valence-electron chi connectivity index (χ1n) is 7.03. The van der Waals surface area contributed by atoms with Crippen LogP contribution in [0, 0.1) is 0 Å². The standard InChI is InChI=1S/C15H19BrN4O/c1-19-14(20-8-6-17-7-9-20)10-13(18-19)11-4-3-5-12(16)15(11)21-2/h3-5,10,17H,6-9H2,1-2H3. The first-order valence-corrected chi connectivity index (χ1v) is 7.82. The van der Waals surface area contributed by atoms with Crippen molar-refractivity contribution >= 4 is 21.7 Å². The van der Waals surface area contributed by atoms with E-state index in [9.17, 15) is 0 Å². The summed E-state index contributed by atoms with van der Waals surface area (Å²) in [6.07, 6.45) is 0. The monoisotopic (exact) mass is 350 g/mol. The van der Waals surface area contributed by atoms with Gasteiger partial charge in [0.25, 0.3) is 0 Å². The van der Waals surface area contributed by atoms with Crippen LogP contribution in [0.4, 0.5) is 5.82 Å². The third kappa shape index (κ3) is 2.78. The van der Waals surface area contributed by atoms with E-state index in [0.29, 0.717) is 0 Å². The fraction of sp³-hybridized carbons (Fsp3) is 0.400. The van der Waals surface area contributed by atoms with Gasteiger partial charge in [0, 0.05) is 44.9 Å². The Morgan fingerprint density at radius 1 is 1.29 bits per heavy atom. The quantitative estimate of drug-likeness (QED) is 0.921. The van der Waals surface area contributed by atoms with Gasteiger partial charge in [-0.15, -0.1) is 0 Å². The number of hydrogen-bond acceptors (Lipinski definition) is 4. The number of anilines is 1. The van der Waals surface area contributed by atoms with Crippen LogP contribution in [0.2, 0.25) is 0 Å². The molecule has 1 aliphatic rings. The number of aryl methyl sites for hydroxylation is 1. The largest absolute Gasteiger partial charge is 0.495 e. The van der Waals surface area contributed by atoms with Crippen LogP contribution in [0.15, 0.2) is 28.7 Å². The summed E-state index contributed by atoms with van der Waals surface area (Å²) in [4.78, 5) is 2.36. The van der Waals surface area contributed by atoms with Crippen molar-refractivity contribution in [3.63, 3.8) is 0 Å². The second-order valence-electron chi connectivity index (χ2n) is 5.07. The van der Waals surface area contributed by atoms with Crippen LogP contribution >= 0.6 is 15.9 Å². The number of halogens is 1. The van der Waals surface area contributed by atoms with Gasteiger partial charge < -0.3 is 15.0 Å². The normalized spacial score (nSPS) is 15.3. The predicted octanol–water partition coefficient (Wildman–Crippen LogP) is 2.27. The summed E-state index contributed by atoms with van der Waals surface area (Å²) in [5.74, 6) is 1.97. The molecule has 0 bridgehead atoms. The topological polar surface area (TPSA) is 42.3 Å². The number of rotatable bonds is 3. The Kier molecular flexibility index (Phi) is 4.17. The SMILES string of the molecule is COc1c(Br)cccc1-c1cc(N2CCNCC2)n(C)n1. The number of para-hydroxylation sites is 1. The Hall–Kier alpha value is -1.53. The van der Waals surface area contributed by atoms with Crippen molar-refractivity contribution < 1.29 is 4.74 Å². The first kappa shape index (κ1) is 14.4. The summed E-state index contributed by atoms with van der Waals surface area (Å²) in [5.41, 5.74) is 1.94. The van der Waals surface area contributed by atoms with Crippen LogP contribution in [0.25, 0.3) is 11.3 Å². The number of nitrogens with zero attached hydrogens (tertiary/aromatic N) is 3. The van der Waals surface area contributed by atoms with Crippen molar-refractivity contribution in [2.45, 2.75) is 0 Å². The lowest BCUT2D eigenvalue weighted by Gasteiger charge is -2.28. The Bertz CT molecular complexity index is 635. The molecule has 1 aromatic heterocycles. The minimum absolute atomic E-state index is 0.822. The first-order chi connectivity index (χ1) is 10.2. The number of benzene rings is 1. The van der Waals surface area contributed by atoms with E-state index in [0.717, 1.165) is 53.5 Å². The van der Waals surface area contributed by atoms with Gasteiger partial charge in [0.05, 0.1) is 17.3 Å². The Labute approximate surface area is 133 Å². The van der Waals surface area contributed by atoms with Gasteiger partial charge in [-0.3, -0.25) is 4.68 Å². The third-order valence-corrected chi connectivity index (χ3v) is 4.37. The Morgan fingerprint density at radius 3 is 2.76 bits per heavy atom. The molecule has 1 fully saturated rings. The third-order valence-electron chi connectivity index (χ3n) is 3.74. The molecule has 6 heteroatoms. The van der Waals surface area contributed by atoms with Crippen molar-refractivity contribution in [3.8, 4) is 17.0 Å². The average molecular weight is 351 g/mol. The second kappa shape index (κ2) is 6.07. The van der Waals surface area contributed by atoms with Crippen molar-refractivity contribution in [3.05, 3.63) is 28.7 Å². The molecule has 1 saturated heterocycles. The molecule has 0 amide bonds. The highest BCUT2D eigenvalue weighted by Gasteiger charge is 2.18.